The molecule has 0 aliphatic heterocycles. The van der Waals surface area contributed by atoms with Gasteiger partial charge in [0, 0.05) is 12.1 Å². The van der Waals surface area contributed by atoms with Crippen LogP contribution in [0.2, 0.25) is 0 Å². The van der Waals surface area contributed by atoms with Crippen molar-refractivity contribution in [3.63, 3.8) is 0 Å². The van der Waals surface area contributed by atoms with Crippen LogP contribution in [0.3, 0.4) is 0 Å². The molecule has 3 rings (SSSR count). The van der Waals surface area contributed by atoms with Crippen LogP contribution in [0.4, 0.5) is 5.69 Å². The lowest BCUT2D eigenvalue weighted by Gasteiger charge is -2.12. The minimum atomic E-state index is -0.373. The molecule has 0 amide bonds. The van der Waals surface area contributed by atoms with Crippen LogP contribution in [0.15, 0.2) is 72.8 Å². The van der Waals surface area contributed by atoms with Gasteiger partial charge in [-0.1, -0.05) is 62.4 Å². The van der Waals surface area contributed by atoms with Gasteiger partial charge in [0.15, 0.2) is 0 Å². The summed E-state index contributed by atoms with van der Waals surface area (Å²) in [5, 5.41) is 10.8. The second kappa shape index (κ2) is 6.67. The molecule has 0 fully saturated rings. The Hall–Kier alpha value is -2.94. The monoisotopic (exact) mass is 317 g/mol. The molecule has 0 aliphatic rings. The van der Waals surface area contributed by atoms with Crippen LogP contribution in [0.5, 0.6) is 0 Å². The maximum Gasteiger partial charge on any atom is 0.269 e. The topological polar surface area (TPSA) is 43.1 Å². The fourth-order valence-electron chi connectivity index (χ4n) is 2.81. The Morgan fingerprint density at radius 3 is 2.00 bits per heavy atom. The first-order chi connectivity index (χ1) is 11.6. The summed E-state index contributed by atoms with van der Waals surface area (Å²) in [5.41, 5.74) is 5.76. The highest BCUT2D eigenvalue weighted by Gasteiger charge is 2.10. The van der Waals surface area contributed by atoms with E-state index in [-0.39, 0.29) is 10.6 Å². The smallest absolute Gasteiger partial charge is 0.258 e. The molecule has 0 saturated heterocycles. The number of rotatable bonds is 4. The fourth-order valence-corrected chi connectivity index (χ4v) is 2.81. The summed E-state index contributed by atoms with van der Waals surface area (Å²) in [5.74, 6) is 0.469. The number of nitro groups is 1. The molecule has 24 heavy (non-hydrogen) atoms. The third-order valence-corrected chi connectivity index (χ3v) is 4.18. The van der Waals surface area contributed by atoms with Gasteiger partial charge in [0.05, 0.1) is 4.92 Å². The summed E-state index contributed by atoms with van der Waals surface area (Å²) in [7, 11) is 0. The molecule has 0 spiro atoms. The average molecular weight is 317 g/mol. The van der Waals surface area contributed by atoms with Gasteiger partial charge < -0.3 is 0 Å². The summed E-state index contributed by atoms with van der Waals surface area (Å²) in [6, 6.07) is 23.4. The molecule has 3 nitrogen and oxygen atoms in total. The molecule has 3 aromatic rings. The van der Waals surface area contributed by atoms with Crippen LogP contribution in [0.1, 0.15) is 25.3 Å². The minimum Gasteiger partial charge on any atom is -0.258 e. The lowest BCUT2D eigenvalue weighted by Crippen LogP contribution is -1.90. The summed E-state index contributed by atoms with van der Waals surface area (Å²) in [4.78, 5) is 10.5. The van der Waals surface area contributed by atoms with Crippen molar-refractivity contribution in [2.45, 2.75) is 19.8 Å². The third-order valence-electron chi connectivity index (χ3n) is 4.18. The molecule has 0 radical (unpaired) electrons. The molecule has 0 N–H and O–H groups in total. The van der Waals surface area contributed by atoms with Crippen molar-refractivity contribution in [3.8, 4) is 22.3 Å². The molecular formula is C21H19NO2. The van der Waals surface area contributed by atoms with Crippen molar-refractivity contribution in [2.75, 3.05) is 0 Å². The second-order valence-electron chi connectivity index (χ2n) is 6.13. The molecule has 0 heterocycles. The maximum atomic E-state index is 10.8. The maximum absolute atomic E-state index is 10.8. The SMILES string of the molecule is CC(C)c1cccc(-c2ccccc2-c2ccc([N+](=O)[O-])cc2)c1. The van der Waals surface area contributed by atoms with Crippen LogP contribution >= 0.6 is 0 Å². The zero-order chi connectivity index (χ0) is 17.1. The summed E-state index contributed by atoms with van der Waals surface area (Å²) in [6.45, 7) is 4.36. The van der Waals surface area contributed by atoms with Gasteiger partial charge >= 0.3 is 0 Å². The van der Waals surface area contributed by atoms with Gasteiger partial charge in [-0.05, 0) is 45.9 Å². The van der Waals surface area contributed by atoms with Crippen molar-refractivity contribution in [1.29, 1.82) is 0 Å². The zero-order valence-electron chi connectivity index (χ0n) is 13.8. The van der Waals surface area contributed by atoms with Crippen LogP contribution in [0.25, 0.3) is 22.3 Å². The Bertz CT molecular complexity index is 867. The second-order valence-corrected chi connectivity index (χ2v) is 6.13. The molecular weight excluding hydrogens is 298 g/mol. The molecule has 0 aromatic heterocycles. The van der Waals surface area contributed by atoms with E-state index in [4.69, 9.17) is 0 Å². The first-order valence-electron chi connectivity index (χ1n) is 8.00. The van der Waals surface area contributed by atoms with Gasteiger partial charge in [-0.15, -0.1) is 0 Å². The van der Waals surface area contributed by atoms with Gasteiger partial charge in [0.2, 0.25) is 0 Å². The molecule has 3 aromatic carbocycles. The Morgan fingerprint density at radius 2 is 1.42 bits per heavy atom. The molecule has 0 aliphatic carbocycles. The quantitative estimate of drug-likeness (QED) is 0.434. The van der Waals surface area contributed by atoms with Crippen LogP contribution in [-0.2, 0) is 0 Å². The van der Waals surface area contributed by atoms with E-state index >= 15 is 0 Å². The summed E-state index contributed by atoms with van der Waals surface area (Å²) in [6.07, 6.45) is 0. The molecule has 3 heteroatoms. The van der Waals surface area contributed by atoms with E-state index in [1.807, 2.05) is 24.3 Å². The van der Waals surface area contributed by atoms with Crippen LogP contribution in [-0.4, -0.2) is 4.92 Å². The van der Waals surface area contributed by atoms with Crippen molar-refractivity contribution in [2.24, 2.45) is 0 Å². The third kappa shape index (κ3) is 3.20. The number of benzene rings is 3. The number of nitrogens with zero attached hydrogens (tertiary/aromatic N) is 1. The fraction of sp³-hybridized carbons (Fsp3) is 0.143. The van der Waals surface area contributed by atoms with E-state index in [1.54, 1.807) is 12.1 Å². The number of hydrogen-bond donors (Lipinski definition) is 0. The normalized spacial score (nSPS) is 10.8. The first kappa shape index (κ1) is 15.9. The van der Waals surface area contributed by atoms with Crippen LogP contribution < -0.4 is 0 Å². The first-order valence-corrected chi connectivity index (χ1v) is 8.00. The molecule has 0 unspecified atom stereocenters. The predicted octanol–water partition coefficient (Wildman–Crippen LogP) is 6.05. The van der Waals surface area contributed by atoms with E-state index in [0.29, 0.717) is 5.92 Å². The van der Waals surface area contributed by atoms with Gasteiger partial charge in [-0.3, -0.25) is 10.1 Å². The number of nitro benzene ring substituents is 1. The highest BCUT2D eigenvalue weighted by molar-refractivity contribution is 5.83. The van der Waals surface area contributed by atoms with Crippen molar-refractivity contribution in [1.82, 2.24) is 0 Å². The summed E-state index contributed by atoms with van der Waals surface area (Å²) >= 11 is 0. The zero-order valence-corrected chi connectivity index (χ0v) is 13.8. The Labute approximate surface area is 141 Å². The highest BCUT2D eigenvalue weighted by atomic mass is 16.6. The van der Waals surface area contributed by atoms with Crippen molar-refractivity contribution < 1.29 is 4.92 Å². The predicted molar refractivity (Wildman–Crippen MR) is 98.1 cm³/mol. The van der Waals surface area contributed by atoms with E-state index in [1.165, 1.54) is 5.56 Å². The van der Waals surface area contributed by atoms with E-state index < -0.39 is 0 Å². The molecule has 0 bridgehead atoms. The number of non-ortho nitro benzene ring substituents is 1. The van der Waals surface area contributed by atoms with Crippen molar-refractivity contribution in [3.05, 3.63) is 88.5 Å². The Morgan fingerprint density at radius 1 is 0.792 bits per heavy atom. The highest BCUT2D eigenvalue weighted by Crippen LogP contribution is 2.33. The van der Waals surface area contributed by atoms with Gasteiger partial charge in [-0.2, -0.15) is 0 Å². The lowest BCUT2D eigenvalue weighted by atomic mass is 9.92. The molecule has 120 valence electrons. The van der Waals surface area contributed by atoms with Gasteiger partial charge in [0.25, 0.3) is 5.69 Å². The average Bonchev–Trinajstić information content (AvgIpc) is 2.62. The molecule has 0 saturated carbocycles. The minimum absolute atomic E-state index is 0.109. The molecule has 0 atom stereocenters. The van der Waals surface area contributed by atoms with Gasteiger partial charge in [-0.25, -0.2) is 0 Å². The van der Waals surface area contributed by atoms with E-state index in [2.05, 4.69) is 50.2 Å². The van der Waals surface area contributed by atoms with E-state index in [0.717, 1.165) is 22.3 Å². The van der Waals surface area contributed by atoms with Crippen LogP contribution in [0, 0.1) is 10.1 Å². The van der Waals surface area contributed by atoms with E-state index in [9.17, 15) is 10.1 Å². The Balaban J connectivity index is 2.08. The standard InChI is InChI=1S/C21H19NO2/c1-15(2)17-6-5-7-18(14-17)21-9-4-3-8-20(21)16-10-12-19(13-11-16)22(23)24/h3-15H,1-2H3. The summed E-state index contributed by atoms with van der Waals surface area (Å²) < 4.78 is 0. The van der Waals surface area contributed by atoms with Crippen molar-refractivity contribution >= 4 is 5.69 Å². The Kier molecular flexibility index (Phi) is 4.43. The number of hydrogen-bond acceptors (Lipinski definition) is 2. The van der Waals surface area contributed by atoms with Gasteiger partial charge in [0.1, 0.15) is 0 Å². The lowest BCUT2D eigenvalue weighted by molar-refractivity contribution is -0.384. The largest absolute Gasteiger partial charge is 0.269 e.